The summed E-state index contributed by atoms with van der Waals surface area (Å²) >= 11 is 6.04. The van der Waals surface area contributed by atoms with Crippen molar-refractivity contribution in [3.05, 3.63) is 83.1 Å². The van der Waals surface area contributed by atoms with E-state index in [1.807, 2.05) is 42.0 Å². The molecule has 5 nitrogen and oxygen atoms in total. The van der Waals surface area contributed by atoms with E-state index in [1.54, 1.807) is 30.7 Å². The van der Waals surface area contributed by atoms with E-state index in [1.165, 1.54) is 0 Å². The zero-order chi connectivity index (χ0) is 18.1. The first-order valence-electron chi connectivity index (χ1n) is 8.15. The van der Waals surface area contributed by atoms with Crippen molar-refractivity contribution >= 4 is 34.2 Å². The van der Waals surface area contributed by atoms with Crippen LogP contribution in [0.5, 0.6) is 0 Å². The van der Waals surface area contributed by atoms with Gasteiger partial charge in [-0.1, -0.05) is 23.7 Å². The van der Waals surface area contributed by atoms with E-state index in [0.29, 0.717) is 28.6 Å². The fraction of sp³-hybridized carbons (Fsp3) is 0.100. The molecule has 26 heavy (non-hydrogen) atoms. The Balaban J connectivity index is 1.57. The molecule has 0 bridgehead atoms. The molecule has 0 aliphatic rings. The van der Waals surface area contributed by atoms with Gasteiger partial charge in [-0.3, -0.25) is 4.79 Å². The number of aryl methyl sites for hydroxylation is 1. The largest absolute Gasteiger partial charge is 0.451 e. The smallest absolute Gasteiger partial charge is 0.291 e. The summed E-state index contributed by atoms with van der Waals surface area (Å²) in [4.78, 5) is 16.7. The van der Waals surface area contributed by atoms with Crippen LogP contribution < -0.4 is 5.32 Å². The number of nitrogens with one attached hydrogen (secondary N) is 1. The Kier molecular flexibility index (Phi) is 4.22. The van der Waals surface area contributed by atoms with E-state index in [4.69, 9.17) is 16.0 Å². The summed E-state index contributed by atoms with van der Waals surface area (Å²) in [5.74, 6) is 0.0110. The minimum Gasteiger partial charge on any atom is -0.451 e. The lowest BCUT2D eigenvalue weighted by Gasteiger charge is -2.07. The number of furan rings is 1. The lowest BCUT2D eigenvalue weighted by molar-refractivity contribution is 0.0998. The summed E-state index contributed by atoms with van der Waals surface area (Å²) in [5, 5.41) is 4.36. The average Bonchev–Trinajstić information content (AvgIpc) is 3.24. The van der Waals surface area contributed by atoms with E-state index < -0.39 is 0 Å². The normalized spacial score (nSPS) is 11.0. The quantitative estimate of drug-likeness (QED) is 0.560. The molecule has 2 heterocycles. The van der Waals surface area contributed by atoms with Crippen LogP contribution in [0, 0.1) is 6.92 Å². The van der Waals surface area contributed by atoms with Crippen LogP contribution in [-0.4, -0.2) is 15.5 Å². The number of hydrogen-bond donors (Lipinski definition) is 1. The van der Waals surface area contributed by atoms with Gasteiger partial charge in [0.15, 0.2) is 5.76 Å². The third kappa shape index (κ3) is 3.21. The molecule has 1 N–H and O–H groups in total. The maximum absolute atomic E-state index is 12.7. The van der Waals surface area contributed by atoms with E-state index in [0.717, 1.165) is 16.5 Å². The highest BCUT2D eigenvalue weighted by Crippen LogP contribution is 2.28. The predicted octanol–water partition coefficient (Wildman–Crippen LogP) is 4.89. The fourth-order valence-corrected chi connectivity index (χ4v) is 3.11. The van der Waals surface area contributed by atoms with Crippen molar-refractivity contribution in [2.75, 3.05) is 5.32 Å². The van der Waals surface area contributed by atoms with Gasteiger partial charge in [-0.05, 0) is 42.8 Å². The molecule has 6 heteroatoms. The summed E-state index contributed by atoms with van der Waals surface area (Å²) in [6.07, 6.45) is 5.39. The average molecular weight is 366 g/mol. The van der Waals surface area contributed by atoms with Crippen molar-refractivity contribution in [3.8, 4) is 0 Å². The molecule has 0 saturated heterocycles. The molecule has 4 rings (SSSR count). The Bertz CT molecular complexity index is 1080. The Morgan fingerprint density at radius 2 is 2.15 bits per heavy atom. The molecule has 2 aromatic carbocycles. The number of fused-ring (bicyclic) bond motifs is 1. The number of carbonyl (C=O) groups excluding carboxylic acids is 1. The van der Waals surface area contributed by atoms with Gasteiger partial charge in [0.2, 0.25) is 0 Å². The first-order valence-corrected chi connectivity index (χ1v) is 8.52. The Hall–Kier alpha value is -3.05. The topological polar surface area (TPSA) is 60.1 Å². The second kappa shape index (κ2) is 6.69. The Morgan fingerprint density at radius 3 is 2.96 bits per heavy atom. The van der Waals surface area contributed by atoms with Crippen LogP contribution >= 0.6 is 11.6 Å². The van der Waals surface area contributed by atoms with Crippen LogP contribution in [0.4, 0.5) is 5.69 Å². The number of nitrogens with zero attached hydrogens (tertiary/aromatic N) is 2. The predicted molar refractivity (Wildman–Crippen MR) is 102 cm³/mol. The summed E-state index contributed by atoms with van der Waals surface area (Å²) in [6.45, 7) is 2.54. The van der Waals surface area contributed by atoms with Gasteiger partial charge in [0.05, 0.1) is 6.33 Å². The van der Waals surface area contributed by atoms with Gasteiger partial charge < -0.3 is 14.3 Å². The van der Waals surface area contributed by atoms with Crippen LogP contribution in [0.25, 0.3) is 11.0 Å². The molecule has 0 atom stereocenters. The number of amides is 1. The van der Waals surface area contributed by atoms with Gasteiger partial charge in [0.25, 0.3) is 5.91 Å². The third-order valence-corrected chi connectivity index (χ3v) is 4.45. The van der Waals surface area contributed by atoms with E-state index in [9.17, 15) is 4.79 Å². The van der Waals surface area contributed by atoms with Crippen LogP contribution in [-0.2, 0) is 6.54 Å². The SMILES string of the molecule is Cc1c(C(=O)Nc2cccc(Cn3ccnc3)c2)oc2ccc(Cl)cc12. The van der Waals surface area contributed by atoms with Gasteiger partial charge in [0.1, 0.15) is 5.58 Å². The molecule has 1 amide bonds. The van der Waals surface area contributed by atoms with Crippen molar-refractivity contribution in [1.29, 1.82) is 0 Å². The number of hydrogen-bond acceptors (Lipinski definition) is 3. The van der Waals surface area contributed by atoms with Crippen molar-refractivity contribution in [2.24, 2.45) is 0 Å². The minimum absolute atomic E-state index is 0.283. The highest BCUT2D eigenvalue weighted by atomic mass is 35.5. The number of halogens is 1. The molecule has 0 radical (unpaired) electrons. The first kappa shape index (κ1) is 16.4. The van der Waals surface area contributed by atoms with Crippen molar-refractivity contribution in [2.45, 2.75) is 13.5 Å². The molecule has 0 aliphatic carbocycles. The molecule has 0 fully saturated rings. The van der Waals surface area contributed by atoms with Crippen molar-refractivity contribution in [1.82, 2.24) is 9.55 Å². The van der Waals surface area contributed by atoms with Gasteiger partial charge >= 0.3 is 0 Å². The summed E-state index contributed by atoms with van der Waals surface area (Å²) < 4.78 is 7.69. The molecular weight excluding hydrogens is 350 g/mol. The first-order chi connectivity index (χ1) is 12.6. The maximum atomic E-state index is 12.7. The third-order valence-electron chi connectivity index (χ3n) is 4.21. The maximum Gasteiger partial charge on any atom is 0.291 e. The number of benzene rings is 2. The highest BCUT2D eigenvalue weighted by molar-refractivity contribution is 6.31. The van der Waals surface area contributed by atoms with Crippen LogP contribution in [0.2, 0.25) is 5.02 Å². The van der Waals surface area contributed by atoms with Crippen molar-refractivity contribution < 1.29 is 9.21 Å². The zero-order valence-electron chi connectivity index (χ0n) is 14.1. The van der Waals surface area contributed by atoms with E-state index in [2.05, 4.69) is 10.3 Å². The van der Waals surface area contributed by atoms with Crippen LogP contribution in [0.15, 0.2) is 65.6 Å². The standard InChI is InChI=1S/C20H16ClN3O2/c1-13-17-10-15(21)5-6-18(17)26-19(13)20(25)23-16-4-2-3-14(9-16)11-24-8-7-22-12-24/h2-10,12H,11H2,1H3,(H,23,25). The Labute approximate surface area is 155 Å². The second-order valence-electron chi connectivity index (χ2n) is 6.09. The lowest BCUT2D eigenvalue weighted by Crippen LogP contribution is -2.12. The lowest BCUT2D eigenvalue weighted by atomic mass is 10.1. The molecular formula is C20H16ClN3O2. The summed E-state index contributed by atoms with van der Waals surface area (Å²) in [7, 11) is 0. The van der Waals surface area contributed by atoms with Crippen LogP contribution in [0.3, 0.4) is 0 Å². The van der Waals surface area contributed by atoms with Gasteiger partial charge in [-0.25, -0.2) is 4.98 Å². The number of carbonyl (C=O) groups is 1. The van der Waals surface area contributed by atoms with Crippen LogP contribution in [0.1, 0.15) is 21.7 Å². The van der Waals surface area contributed by atoms with E-state index in [-0.39, 0.29) is 5.91 Å². The fourth-order valence-electron chi connectivity index (χ4n) is 2.94. The number of imidazole rings is 1. The number of rotatable bonds is 4. The molecule has 2 aromatic heterocycles. The monoisotopic (exact) mass is 365 g/mol. The van der Waals surface area contributed by atoms with Gasteiger partial charge in [-0.2, -0.15) is 0 Å². The summed E-state index contributed by atoms with van der Waals surface area (Å²) in [6, 6.07) is 13.0. The second-order valence-corrected chi connectivity index (χ2v) is 6.52. The molecule has 4 aromatic rings. The number of aromatic nitrogens is 2. The molecule has 0 spiro atoms. The number of anilines is 1. The van der Waals surface area contributed by atoms with Crippen molar-refractivity contribution in [3.63, 3.8) is 0 Å². The molecule has 0 unspecified atom stereocenters. The van der Waals surface area contributed by atoms with Gasteiger partial charge in [-0.15, -0.1) is 0 Å². The zero-order valence-corrected chi connectivity index (χ0v) is 14.8. The van der Waals surface area contributed by atoms with E-state index >= 15 is 0 Å². The molecule has 0 saturated carbocycles. The highest BCUT2D eigenvalue weighted by Gasteiger charge is 2.18. The molecule has 0 aliphatic heterocycles. The Morgan fingerprint density at radius 1 is 1.27 bits per heavy atom. The summed E-state index contributed by atoms with van der Waals surface area (Å²) in [5.41, 5.74) is 3.19. The molecule has 130 valence electrons. The van der Waals surface area contributed by atoms with Gasteiger partial charge in [0, 0.05) is 40.6 Å². The minimum atomic E-state index is -0.283.